The summed E-state index contributed by atoms with van der Waals surface area (Å²) in [6.07, 6.45) is 4.15. The third-order valence-corrected chi connectivity index (χ3v) is 3.16. The molecule has 0 aliphatic heterocycles. The van der Waals surface area contributed by atoms with E-state index in [1.807, 2.05) is 24.7 Å². The summed E-state index contributed by atoms with van der Waals surface area (Å²) in [5.74, 6) is 0.606. The molecule has 0 aliphatic carbocycles. The molecular formula is C14H17FN2O. The molecule has 0 bridgehead atoms. The first-order chi connectivity index (χ1) is 8.58. The minimum Gasteiger partial charge on any atom is -0.388 e. The second-order valence-electron chi connectivity index (χ2n) is 4.51. The summed E-state index contributed by atoms with van der Waals surface area (Å²) in [5.41, 5.74) is 1.56. The topological polar surface area (TPSA) is 38.1 Å². The molecule has 0 saturated carbocycles. The van der Waals surface area contributed by atoms with Gasteiger partial charge in [0.2, 0.25) is 0 Å². The van der Waals surface area contributed by atoms with Crippen molar-refractivity contribution in [1.29, 1.82) is 0 Å². The molecule has 0 spiro atoms. The van der Waals surface area contributed by atoms with E-state index in [9.17, 15) is 9.50 Å². The number of aromatic nitrogens is 2. The Morgan fingerprint density at radius 2 is 2.22 bits per heavy atom. The predicted molar refractivity (Wildman–Crippen MR) is 67.6 cm³/mol. The highest BCUT2D eigenvalue weighted by atomic mass is 19.1. The summed E-state index contributed by atoms with van der Waals surface area (Å²) < 4.78 is 15.1. The summed E-state index contributed by atoms with van der Waals surface area (Å²) >= 11 is 0. The normalized spacial score (nSPS) is 12.7. The number of imidazole rings is 1. The summed E-state index contributed by atoms with van der Waals surface area (Å²) in [5, 5.41) is 10.1. The molecular weight excluding hydrogens is 231 g/mol. The number of benzene rings is 1. The van der Waals surface area contributed by atoms with E-state index in [4.69, 9.17) is 0 Å². The Kier molecular flexibility index (Phi) is 3.77. The minimum atomic E-state index is -0.655. The maximum Gasteiger partial charge on any atom is 0.123 e. The molecule has 0 aliphatic rings. The van der Waals surface area contributed by atoms with E-state index < -0.39 is 6.10 Å². The quantitative estimate of drug-likeness (QED) is 0.903. The third kappa shape index (κ3) is 2.76. The number of hydrogen-bond donors (Lipinski definition) is 1. The number of halogens is 1. The molecule has 1 atom stereocenters. The van der Waals surface area contributed by atoms with Gasteiger partial charge in [0.15, 0.2) is 0 Å². The monoisotopic (exact) mass is 248 g/mol. The van der Waals surface area contributed by atoms with E-state index in [1.54, 1.807) is 12.3 Å². The van der Waals surface area contributed by atoms with Gasteiger partial charge in [0.05, 0.1) is 6.10 Å². The Bertz CT molecular complexity index is 536. The number of aryl methyl sites for hydroxylation is 3. The predicted octanol–water partition coefficient (Wildman–Crippen LogP) is 2.53. The van der Waals surface area contributed by atoms with Crippen molar-refractivity contribution < 1.29 is 9.50 Å². The van der Waals surface area contributed by atoms with Gasteiger partial charge in [-0.05, 0) is 36.6 Å². The van der Waals surface area contributed by atoms with Gasteiger partial charge < -0.3 is 9.67 Å². The average Bonchev–Trinajstić information content (AvgIpc) is 2.75. The number of hydrogen-bond acceptors (Lipinski definition) is 2. The Balaban J connectivity index is 2.06. The maximum atomic E-state index is 13.2. The van der Waals surface area contributed by atoms with Crippen molar-refractivity contribution in [2.45, 2.75) is 25.9 Å². The van der Waals surface area contributed by atoms with Crippen LogP contribution in [0.4, 0.5) is 4.39 Å². The second-order valence-corrected chi connectivity index (χ2v) is 4.51. The smallest absolute Gasteiger partial charge is 0.123 e. The maximum absolute atomic E-state index is 13.2. The molecule has 0 amide bonds. The fourth-order valence-electron chi connectivity index (χ4n) is 2.03. The van der Waals surface area contributed by atoms with Gasteiger partial charge in [-0.1, -0.05) is 6.07 Å². The highest BCUT2D eigenvalue weighted by molar-refractivity contribution is 5.28. The molecule has 0 fully saturated rings. The van der Waals surface area contributed by atoms with Gasteiger partial charge in [-0.2, -0.15) is 0 Å². The molecule has 2 aromatic rings. The SMILES string of the molecule is Cc1ccc(F)cc1C(O)CCc1nccn1C. The van der Waals surface area contributed by atoms with Gasteiger partial charge in [-0.15, -0.1) is 0 Å². The molecule has 96 valence electrons. The third-order valence-electron chi connectivity index (χ3n) is 3.16. The lowest BCUT2D eigenvalue weighted by Crippen LogP contribution is -2.05. The lowest BCUT2D eigenvalue weighted by Gasteiger charge is -2.13. The van der Waals surface area contributed by atoms with Crippen LogP contribution in [0.3, 0.4) is 0 Å². The van der Waals surface area contributed by atoms with Gasteiger partial charge in [0.25, 0.3) is 0 Å². The molecule has 0 saturated heterocycles. The van der Waals surface area contributed by atoms with Gasteiger partial charge >= 0.3 is 0 Å². The van der Waals surface area contributed by atoms with Crippen molar-refractivity contribution >= 4 is 0 Å². The van der Waals surface area contributed by atoms with Crippen molar-refractivity contribution in [2.75, 3.05) is 0 Å². The summed E-state index contributed by atoms with van der Waals surface area (Å²) in [4.78, 5) is 4.20. The number of nitrogens with zero attached hydrogens (tertiary/aromatic N) is 2. The van der Waals surface area contributed by atoms with Crippen molar-refractivity contribution in [3.63, 3.8) is 0 Å². The zero-order chi connectivity index (χ0) is 13.1. The molecule has 18 heavy (non-hydrogen) atoms. The van der Waals surface area contributed by atoms with Gasteiger partial charge in [0.1, 0.15) is 11.6 Å². The van der Waals surface area contributed by atoms with Crippen LogP contribution in [0.25, 0.3) is 0 Å². The standard InChI is InChI=1S/C14H17FN2O/c1-10-3-4-11(15)9-12(10)13(18)5-6-14-16-7-8-17(14)2/h3-4,7-9,13,18H,5-6H2,1-2H3. The largest absolute Gasteiger partial charge is 0.388 e. The van der Waals surface area contributed by atoms with Gasteiger partial charge in [0, 0.05) is 25.9 Å². The van der Waals surface area contributed by atoms with E-state index in [2.05, 4.69) is 4.98 Å². The van der Waals surface area contributed by atoms with Crippen LogP contribution in [0.15, 0.2) is 30.6 Å². The fourth-order valence-corrected chi connectivity index (χ4v) is 2.03. The molecule has 1 aromatic carbocycles. The lowest BCUT2D eigenvalue weighted by atomic mass is 10.00. The van der Waals surface area contributed by atoms with E-state index in [0.29, 0.717) is 18.4 Å². The zero-order valence-electron chi connectivity index (χ0n) is 10.6. The molecule has 1 aromatic heterocycles. The highest BCUT2D eigenvalue weighted by Gasteiger charge is 2.12. The Hall–Kier alpha value is -1.68. The molecule has 1 heterocycles. The number of aliphatic hydroxyl groups is 1. The van der Waals surface area contributed by atoms with Crippen LogP contribution in [0.5, 0.6) is 0 Å². The van der Waals surface area contributed by atoms with Crippen molar-refractivity contribution in [2.24, 2.45) is 7.05 Å². The molecule has 0 radical (unpaired) electrons. The Labute approximate surface area is 106 Å². The van der Waals surface area contributed by atoms with Crippen molar-refractivity contribution in [3.05, 3.63) is 53.4 Å². The van der Waals surface area contributed by atoms with Crippen LogP contribution in [0.1, 0.15) is 29.5 Å². The van der Waals surface area contributed by atoms with E-state index in [-0.39, 0.29) is 5.82 Å². The van der Waals surface area contributed by atoms with Crippen LogP contribution >= 0.6 is 0 Å². The molecule has 1 unspecified atom stereocenters. The number of aliphatic hydroxyl groups excluding tert-OH is 1. The second kappa shape index (κ2) is 5.31. The zero-order valence-corrected chi connectivity index (χ0v) is 10.6. The van der Waals surface area contributed by atoms with Crippen molar-refractivity contribution in [1.82, 2.24) is 9.55 Å². The van der Waals surface area contributed by atoms with Gasteiger partial charge in [-0.3, -0.25) is 0 Å². The first-order valence-electron chi connectivity index (χ1n) is 5.98. The summed E-state index contributed by atoms with van der Waals surface area (Å²) in [6.45, 7) is 1.87. The summed E-state index contributed by atoms with van der Waals surface area (Å²) in [7, 11) is 1.92. The lowest BCUT2D eigenvalue weighted by molar-refractivity contribution is 0.165. The van der Waals surface area contributed by atoms with E-state index in [1.165, 1.54) is 12.1 Å². The summed E-state index contributed by atoms with van der Waals surface area (Å²) in [6, 6.07) is 4.50. The average molecular weight is 248 g/mol. The number of rotatable bonds is 4. The highest BCUT2D eigenvalue weighted by Crippen LogP contribution is 2.22. The Morgan fingerprint density at radius 1 is 1.44 bits per heavy atom. The molecule has 1 N–H and O–H groups in total. The van der Waals surface area contributed by atoms with Crippen LogP contribution in [-0.2, 0) is 13.5 Å². The Morgan fingerprint density at radius 3 is 2.89 bits per heavy atom. The van der Waals surface area contributed by atoms with Crippen molar-refractivity contribution in [3.8, 4) is 0 Å². The van der Waals surface area contributed by atoms with Crippen LogP contribution in [0.2, 0.25) is 0 Å². The molecule has 3 nitrogen and oxygen atoms in total. The first kappa shape index (κ1) is 12.8. The fraction of sp³-hybridized carbons (Fsp3) is 0.357. The first-order valence-corrected chi connectivity index (χ1v) is 5.98. The van der Waals surface area contributed by atoms with Crippen LogP contribution in [0, 0.1) is 12.7 Å². The van der Waals surface area contributed by atoms with Crippen LogP contribution in [-0.4, -0.2) is 14.7 Å². The molecule has 4 heteroatoms. The molecule has 2 rings (SSSR count). The van der Waals surface area contributed by atoms with E-state index >= 15 is 0 Å². The van der Waals surface area contributed by atoms with E-state index in [0.717, 1.165) is 11.4 Å². The van der Waals surface area contributed by atoms with Gasteiger partial charge in [-0.25, -0.2) is 9.37 Å². The van der Waals surface area contributed by atoms with Crippen LogP contribution < -0.4 is 0 Å². The minimum absolute atomic E-state index is 0.313.